The standard InChI is InChI=1S/C20H24N8O4/c21-8-11-7-12(11)9-32-20-26-17(18(30)31)25-19(27-20)28-5-3-10(4-6-28)14-2-1-13(22)15(24-14)16(23)29/h1-2,8,10-12,21H,3-7,9,22H2,(H2,23,29)(H,30,31)/t11-,12+/m0/s1. The lowest BCUT2D eigenvalue weighted by Gasteiger charge is -2.31. The smallest absolute Gasteiger partial charge is 0.374 e. The highest BCUT2D eigenvalue weighted by Crippen LogP contribution is 2.36. The molecule has 2 fully saturated rings. The predicted molar refractivity (Wildman–Crippen MR) is 114 cm³/mol. The first kappa shape index (κ1) is 21.4. The van der Waals surface area contributed by atoms with Crippen LogP contribution in [0.2, 0.25) is 0 Å². The van der Waals surface area contributed by atoms with Crippen LogP contribution in [0.3, 0.4) is 0 Å². The summed E-state index contributed by atoms with van der Waals surface area (Å²) in [6, 6.07) is 3.39. The van der Waals surface area contributed by atoms with Gasteiger partial charge in [0, 0.05) is 36.5 Å². The SMILES string of the molecule is N=C[C@@H]1C[C@@H]1COc1nc(C(=O)O)nc(N2CCC(c3ccc(N)c(C(N)=O)n3)CC2)n1. The number of aromatic nitrogens is 4. The number of nitrogens with two attached hydrogens (primary N) is 2. The molecule has 2 aromatic rings. The highest BCUT2D eigenvalue weighted by Gasteiger charge is 2.36. The van der Waals surface area contributed by atoms with E-state index >= 15 is 0 Å². The van der Waals surface area contributed by atoms with Crippen molar-refractivity contribution in [3.8, 4) is 6.01 Å². The van der Waals surface area contributed by atoms with Crippen molar-refractivity contribution in [1.29, 1.82) is 5.41 Å². The molecule has 3 heterocycles. The minimum atomic E-state index is -1.26. The van der Waals surface area contributed by atoms with Crippen LogP contribution in [0.15, 0.2) is 12.1 Å². The number of rotatable bonds is 8. The van der Waals surface area contributed by atoms with Gasteiger partial charge in [-0.15, -0.1) is 0 Å². The van der Waals surface area contributed by atoms with Gasteiger partial charge in [-0.05, 0) is 37.6 Å². The Kier molecular flexibility index (Phi) is 5.84. The van der Waals surface area contributed by atoms with Crippen LogP contribution in [-0.2, 0) is 0 Å². The van der Waals surface area contributed by atoms with Gasteiger partial charge in [0.1, 0.15) is 0 Å². The molecule has 0 bridgehead atoms. The van der Waals surface area contributed by atoms with Gasteiger partial charge >= 0.3 is 12.0 Å². The van der Waals surface area contributed by atoms with Crippen LogP contribution in [0.1, 0.15) is 52.0 Å². The van der Waals surface area contributed by atoms with Crippen LogP contribution in [0, 0.1) is 17.2 Å². The summed E-state index contributed by atoms with van der Waals surface area (Å²) in [6.45, 7) is 1.45. The van der Waals surface area contributed by atoms with Gasteiger partial charge in [-0.2, -0.15) is 15.0 Å². The van der Waals surface area contributed by atoms with Gasteiger partial charge in [-0.3, -0.25) is 4.79 Å². The number of nitrogen functional groups attached to an aromatic ring is 1. The Morgan fingerprint density at radius 1 is 1.22 bits per heavy atom. The minimum absolute atomic E-state index is 0.0311. The number of nitrogens with zero attached hydrogens (tertiary/aromatic N) is 5. The number of amides is 1. The second kappa shape index (κ2) is 8.73. The maximum Gasteiger partial charge on any atom is 0.374 e. The first-order valence-corrected chi connectivity index (χ1v) is 10.3. The molecule has 6 N–H and O–H groups in total. The average Bonchev–Trinajstić information content (AvgIpc) is 3.56. The first-order valence-electron chi connectivity index (χ1n) is 10.3. The van der Waals surface area contributed by atoms with Gasteiger partial charge in [-0.25, -0.2) is 9.78 Å². The predicted octanol–water partition coefficient (Wildman–Crippen LogP) is 0.694. The second-order valence-electron chi connectivity index (χ2n) is 7.98. The summed E-state index contributed by atoms with van der Waals surface area (Å²) in [7, 11) is 0. The summed E-state index contributed by atoms with van der Waals surface area (Å²) in [4.78, 5) is 41.5. The van der Waals surface area contributed by atoms with Gasteiger partial charge in [-0.1, -0.05) is 0 Å². The van der Waals surface area contributed by atoms with E-state index in [4.69, 9.17) is 21.6 Å². The van der Waals surface area contributed by atoms with Crippen LogP contribution in [-0.4, -0.2) is 62.8 Å². The largest absolute Gasteiger partial charge is 0.475 e. The quantitative estimate of drug-likeness (QED) is 0.424. The van der Waals surface area contributed by atoms with Crippen LogP contribution < -0.4 is 21.1 Å². The molecule has 4 rings (SSSR count). The van der Waals surface area contributed by atoms with E-state index in [0.29, 0.717) is 32.5 Å². The molecule has 2 aliphatic rings. The molecule has 2 aromatic heterocycles. The number of carbonyl (C=O) groups excluding carboxylic acids is 1. The number of carboxylic acids is 1. The Bertz CT molecular complexity index is 1050. The van der Waals surface area contributed by atoms with Gasteiger partial charge in [0.05, 0.1) is 12.3 Å². The van der Waals surface area contributed by atoms with Crippen LogP contribution in [0.4, 0.5) is 11.6 Å². The number of anilines is 2. The second-order valence-corrected chi connectivity index (χ2v) is 7.98. The molecular weight excluding hydrogens is 416 g/mol. The van der Waals surface area contributed by atoms with E-state index in [9.17, 15) is 14.7 Å². The Labute approximate surface area is 183 Å². The molecule has 2 atom stereocenters. The molecule has 1 saturated heterocycles. The van der Waals surface area contributed by atoms with E-state index in [1.807, 2.05) is 4.90 Å². The average molecular weight is 440 g/mol. The first-order chi connectivity index (χ1) is 15.4. The Hall–Kier alpha value is -3.83. The number of hydrogen-bond donors (Lipinski definition) is 4. The van der Waals surface area contributed by atoms with E-state index in [1.165, 1.54) is 6.21 Å². The van der Waals surface area contributed by atoms with E-state index in [1.54, 1.807) is 12.1 Å². The van der Waals surface area contributed by atoms with Crippen molar-refractivity contribution in [3.05, 3.63) is 29.3 Å². The Balaban J connectivity index is 1.45. The zero-order chi connectivity index (χ0) is 22.8. The molecule has 12 nitrogen and oxygen atoms in total. The monoisotopic (exact) mass is 440 g/mol. The molecule has 32 heavy (non-hydrogen) atoms. The molecular formula is C20H24N8O4. The van der Waals surface area contributed by atoms with E-state index in [0.717, 1.165) is 12.1 Å². The molecule has 1 aliphatic carbocycles. The van der Waals surface area contributed by atoms with Crippen molar-refractivity contribution in [3.63, 3.8) is 0 Å². The fourth-order valence-corrected chi connectivity index (χ4v) is 3.78. The highest BCUT2D eigenvalue weighted by atomic mass is 16.5. The molecule has 0 spiro atoms. The van der Waals surface area contributed by atoms with E-state index in [-0.39, 0.29) is 46.9 Å². The highest BCUT2D eigenvalue weighted by molar-refractivity contribution is 5.95. The Morgan fingerprint density at radius 2 is 1.97 bits per heavy atom. The van der Waals surface area contributed by atoms with Gasteiger partial charge in [0.2, 0.25) is 11.8 Å². The number of carboxylic acid groups (broad SMARTS) is 1. The summed E-state index contributed by atoms with van der Waals surface area (Å²) in [5, 5.41) is 16.6. The molecule has 0 unspecified atom stereocenters. The van der Waals surface area contributed by atoms with Crippen molar-refractivity contribution >= 4 is 29.7 Å². The number of primary amides is 1. The lowest BCUT2D eigenvalue weighted by atomic mass is 9.93. The third-order valence-electron chi connectivity index (χ3n) is 5.79. The summed E-state index contributed by atoms with van der Waals surface area (Å²) in [5.41, 5.74) is 12.2. The summed E-state index contributed by atoms with van der Waals surface area (Å²) in [6.07, 6.45) is 3.66. The van der Waals surface area contributed by atoms with Crippen molar-refractivity contribution in [1.82, 2.24) is 19.9 Å². The maximum absolute atomic E-state index is 11.5. The lowest BCUT2D eigenvalue weighted by molar-refractivity contribution is 0.0681. The summed E-state index contributed by atoms with van der Waals surface area (Å²) < 4.78 is 5.60. The number of carbonyl (C=O) groups is 2. The topological polar surface area (TPSA) is 194 Å². The zero-order valence-corrected chi connectivity index (χ0v) is 17.3. The van der Waals surface area contributed by atoms with E-state index < -0.39 is 11.9 Å². The third kappa shape index (κ3) is 4.58. The summed E-state index contributed by atoms with van der Waals surface area (Å²) >= 11 is 0. The zero-order valence-electron chi connectivity index (χ0n) is 17.3. The van der Waals surface area contributed by atoms with Crippen molar-refractivity contribution in [2.75, 3.05) is 30.3 Å². The fourth-order valence-electron chi connectivity index (χ4n) is 3.78. The van der Waals surface area contributed by atoms with Crippen molar-refractivity contribution < 1.29 is 19.4 Å². The number of hydrogen-bond acceptors (Lipinski definition) is 10. The molecule has 1 aliphatic heterocycles. The molecule has 1 amide bonds. The number of pyridine rings is 1. The van der Waals surface area contributed by atoms with Crippen molar-refractivity contribution in [2.45, 2.75) is 25.2 Å². The minimum Gasteiger partial charge on any atom is -0.475 e. The molecule has 0 aromatic carbocycles. The fraction of sp³-hybridized carbons (Fsp3) is 0.450. The number of nitrogens with one attached hydrogen (secondary N) is 1. The lowest BCUT2D eigenvalue weighted by Crippen LogP contribution is -2.35. The van der Waals surface area contributed by atoms with Gasteiger partial charge in [0.25, 0.3) is 5.91 Å². The normalized spacial score (nSPS) is 20.6. The third-order valence-corrected chi connectivity index (χ3v) is 5.79. The Morgan fingerprint density at radius 3 is 2.59 bits per heavy atom. The van der Waals surface area contributed by atoms with Crippen molar-refractivity contribution in [2.24, 2.45) is 17.6 Å². The van der Waals surface area contributed by atoms with E-state index in [2.05, 4.69) is 19.9 Å². The van der Waals surface area contributed by atoms with Gasteiger partial charge in [0.15, 0.2) is 5.69 Å². The number of ether oxygens (including phenoxy) is 1. The molecule has 168 valence electrons. The van der Waals surface area contributed by atoms with Crippen LogP contribution in [0.25, 0.3) is 0 Å². The maximum atomic E-state index is 11.5. The van der Waals surface area contributed by atoms with Crippen LogP contribution >= 0.6 is 0 Å². The van der Waals surface area contributed by atoms with Crippen LogP contribution in [0.5, 0.6) is 6.01 Å². The number of piperidine rings is 1. The summed E-state index contributed by atoms with van der Waals surface area (Å²) in [5.74, 6) is -1.54. The number of aromatic carboxylic acids is 1. The molecule has 12 heteroatoms. The molecule has 0 radical (unpaired) electrons. The van der Waals surface area contributed by atoms with Gasteiger partial charge < -0.3 is 31.6 Å². The molecule has 1 saturated carbocycles.